The number of halogens is 1. The van der Waals surface area contributed by atoms with E-state index in [1.165, 1.54) is 0 Å². The lowest BCUT2D eigenvalue weighted by atomic mass is 10.1. The Hall–Kier alpha value is -1.87. The first-order valence-electron chi connectivity index (χ1n) is 5.36. The Morgan fingerprint density at radius 2 is 1.94 bits per heavy atom. The molecule has 1 aromatic carbocycles. The molecule has 17 heavy (non-hydrogen) atoms. The average Bonchev–Trinajstić information content (AvgIpc) is 2.39. The Labute approximate surface area is 104 Å². The van der Waals surface area contributed by atoms with Gasteiger partial charge in [-0.2, -0.15) is 0 Å². The van der Waals surface area contributed by atoms with E-state index >= 15 is 0 Å². The lowest BCUT2D eigenvalue weighted by Gasteiger charge is -2.26. The smallest absolute Gasteiger partial charge is 0.230 e. The number of hydrogen-bond acceptors (Lipinski definition) is 3. The summed E-state index contributed by atoms with van der Waals surface area (Å²) in [5.41, 5.74) is 2.07. The molecular formula is C13H10ClN3. The summed E-state index contributed by atoms with van der Waals surface area (Å²) in [5, 5.41) is 0.722. The van der Waals surface area contributed by atoms with Crippen molar-refractivity contribution in [1.29, 1.82) is 0 Å². The number of para-hydroxylation sites is 1. The van der Waals surface area contributed by atoms with Crippen LogP contribution >= 0.6 is 11.6 Å². The van der Waals surface area contributed by atoms with Gasteiger partial charge in [-0.05, 0) is 17.7 Å². The van der Waals surface area contributed by atoms with Crippen molar-refractivity contribution in [3.8, 4) is 0 Å². The van der Waals surface area contributed by atoms with Crippen molar-refractivity contribution in [2.45, 2.75) is 0 Å². The summed E-state index contributed by atoms with van der Waals surface area (Å²) >= 11 is 6.26. The predicted molar refractivity (Wildman–Crippen MR) is 69.5 cm³/mol. The van der Waals surface area contributed by atoms with Crippen molar-refractivity contribution in [3.63, 3.8) is 0 Å². The molecule has 1 aromatic heterocycles. The number of benzene rings is 1. The third-order valence-corrected chi connectivity index (χ3v) is 2.97. The summed E-state index contributed by atoms with van der Waals surface area (Å²) in [4.78, 5) is 10.5. The van der Waals surface area contributed by atoms with Crippen molar-refractivity contribution >= 4 is 29.3 Å². The minimum atomic E-state index is 0.672. The Balaban J connectivity index is 2.14. The largest absolute Gasteiger partial charge is 0.305 e. The van der Waals surface area contributed by atoms with Crippen LogP contribution in [0.25, 0.3) is 6.08 Å². The molecule has 0 spiro atoms. The third-order valence-electron chi connectivity index (χ3n) is 2.67. The van der Waals surface area contributed by atoms with Crippen LogP contribution in [-0.2, 0) is 0 Å². The molecule has 1 aliphatic rings. The molecule has 0 bridgehead atoms. The number of fused-ring (bicyclic) bond motifs is 1. The highest BCUT2D eigenvalue weighted by molar-refractivity contribution is 6.33. The summed E-state index contributed by atoms with van der Waals surface area (Å²) in [5.74, 6) is 0.672. The first-order chi connectivity index (χ1) is 8.36. The van der Waals surface area contributed by atoms with Crippen molar-refractivity contribution in [1.82, 2.24) is 9.97 Å². The van der Waals surface area contributed by atoms with Gasteiger partial charge in [-0.3, -0.25) is 0 Å². The summed E-state index contributed by atoms with van der Waals surface area (Å²) in [7, 11) is 0. The Morgan fingerprint density at radius 1 is 1.12 bits per heavy atom. The number of anilines is 2. The minimum Gasteiger partial charge on any atom is -0.305 e. The standard InChI is InChI=1S/C13H10ClN3/c14-11-6-1-4-10-5-2-9-17(12(10)11)13-15-7-3-8-16-13/h1-8H,9H2. The van der Waals surface area contributed by atoms with Crippen LogP contribution in [0.5, 0.6) is 0 Å². The van der Waals surface area contributed by atoms with E-state index < -0.39 is 0 Å². The maximum Gasteiger partial charge on any atom is 0.230 e. The van der Waals surface area contributed by atoms with Gasteiger partial charge in [0.1, 0.15) is 0 Å². The van der Waals surface area contributed by atoms with Gasteiger partial charge < -0.3 is 4.90 Å². The molecule has 2 aromatic rings. The van der Waals surface area contributed by atoms with Gasteiger partial charge in [0.2, 0.25) is 5.95 Å². The average molecular weight is 244 g/mol. The van der Waals surface area contributed by atoms with Crippen LogP contribution in [0, 0.1) is 0 Å². The van der Waals surface area contributed by atoms with E-state index in [0.717, 1.165) is 22.8 Å². The van der Waals surface area contributed by atoms with Crippen LogP contribution in [-0.4, -0.2) is 16.5 Å². The fourth-order valence-electron chi connectivity index (χ4n) is 1.94. The van der Waals surface area contributed by atoms with Crippen LogP contribution in [0.4, 0.5) is 11.6 Å². The highest BCUT2D eigenvalue weighted by atomic mass is 35.5. The lowest BCUT2D eigenvalue weighted by molar-refractivity contribution is 0.981. The number of hydrogen-bond donors (Lipinski definition) is 0. The zero-order valence-electron chi connectivity index (χ0n) is 9.05. The zero-order chi connectivity index (χ0) is 11.7. The van der Waals surface area contributed by atoms with Gasteiger partial charge in [0.25, 0.3) is 0 Å². The van der Waals surface area contributed by atoms with E-state index in [0.29, 0.717) is 5.95 Å². The molecule has 0 radical (unpaired) electrons. The number of rotatable bonds is 1. The monoisotopic (exact) mass is 243 g/mol. The van der Waals surface area contributed by atoms with Gasteiger partial charge in [0.05, 0.1) is 10.7 Å². The molecule has 0 saturated carbocycles. The zero-order valence-corrected chi connectivity index (χ0v) is 9.80. The first-order valence-corrected chi connectivity index (χ1v) is 5.73. The Morgan fingerprint density at radius 3 is 2.76 bits per heavy atom. The van der Waals surface area contributed by atoms with E-state index in [2.05, 4.69) is 22.1 Å². The normalized spacial score (nSPS) is 13.6. The molecule has 0 saturated heterocycles. The van der Waals surface area contributed by atoms with E-state index in [-0.39, 0.29) is 0 Å². The fraction of sp³-hybridized carbons (Fsp3) is 0.0769. The topological polar surface area (TPSA) is 29.0 Å². The van der Waals surface area contributed by atoms with Gasteiger partial charge >= 0.3 is 0 Å². The molecule has 0 N–H and O–H groups in total. The summed E-state index contributed by atoms with van der Waals surface area (Å²) in [6, 6.07) is 7.67. The fourth-order valence-corrected chi connectivity index (χ4v) is 2.22. The van der Waals surface area contributed by atoms with Gasteiger partial charge in [0.15, 0.2) is 0 Å². The van der Waals surface area contributed by atoms with E-state index in [1.807, 2.05) is 23.1 Å². The molecule has 0 amide bonds. The molecular weight excluding hydrogens is 234 g/mol. The van der Waals surface area contributed by atoms with Crippen molar-refractivity contribution in [2.24, 2.45) is 0 Å². The minimum absolute atomic E-state index is 0.672. The number of aromatic nitrogens is 2. The van der Waals surface area contributed by atoms with Crippen molar-refractivity contribution < 1.29 is 0 Å². The maximum absolute atomic E-state index is 6.26. The first kappa shape index (κ1) is 10.3. The molecule has 84 valence electrons. The van der Waals surface area contributed by atoms with Crippen molar-refractivity contribution in [3.05, 3.63) is 53.3 Å². The summed E-state index contributed by atoms with van der Waals surface area (Å²) in [6.07, 6.45) is 7.62. The molecule has 4 heteroatoms. The maximum atomic E-state index is 6.26. The van der Waals surface area contributed by atoms with Gasteiger partial charge in [-0.15, -0.1) is 0 Å². The third kappa shape index (κ3) is 1.78. The SMILES string of the molecule is Clc1cccc2c1N(c1ncccn1)CC=C2. The molecule has 0 unspecified atom stereocenters. The molecule has 0 aliphatic carbocycles. The summed E-state index contributed by atoms with van der Waals surface area (Å²) < 4.78 is 0. The second kappa shape index (κ2) is 4.18. The molecule has 2 heterocycles. The number of nitrogens with zero attached hydrogens (tertiary/aromatic N) is 3. The van der Waals surface area contributed by atoms with Crippen LogP contribution in [0.3, 0.4) is 0 Å². The quantitative estimate of drug-likeness (QED) is 0.770. The van der Waals surface area contributed by atoms with Crippen molar-refractivity contribution in [2.75, 3.05) is 11.4 Å². The van der Waals surface area contributed by atoms with Crippen LogP contribution in [0.2, 0.25) is 5.02 Å². The lowest BCUT2D eigenvalue weighted by Crippen LogP contribution is -2.22. The Kier molecular flexibility index (Phi) is 2.53. The molecule has 3 nitrogen and oxygen atoms in total. The molecule has 0 fully saturated rings. The van der Waals surface area contributed by atoms with Gasteiger partial charge in [-0.25, -0.2) is 9.97 Å². The predicted octanol–water partition coefficient (Wildman–Crippen LogP) is 3.29. The van der Waals surface area contributed by atoms with Crippen LogP contribution in [0.15, 0.2) is 42.7 Å². The van der Waals surface area contributed by atoms with E-state index in [4.69, 9.17) is 11.6 Å². The van der Waals surface area contributed by atoms with Crippen LogP contribution < -0.4 is 4.90 Å². The van der Waals surface area contributed by atoms with E-state index in [1.54, 1.807) is 18.5 Å². The van der Waals surface area contributed by atoms with E-state index in [9.17, 15) is 0 Å². The molecule has 1 aliphatic heterocycles. The van der Waals surface area contributed by atoms with Crippen LogP contribution in [0.1, 0.15) is 5.56 Å². The van der Waals surface area contributed by atoms with Gasteiger partial charge in [-0.1, -0.05) is 35.9 Å². The second-order valence-corrected chi connectivity index (χ2v) is 4.15. The molecule has 0 atom stereocenters. The Bertz CT molecular complexity index is 566. The van der Waals surface area contributed by atoms with Gasteiger partial charge in [0, 0.05) is 18.9 Å². The highest BCUT2D eigenvalue weighted by Crippen LogP contribution is 2.36. The summed E-state index contributed by atoms with van der Waals surface area (Å²) in [6.45, 7) is 0.737. The highest BCUT2D eigenvalue weighted by Gasteiger charge is 2.19. The second-order valence-electron chi connectivity index (χ2n) is 3.74. The molecule has 3 rings (SSSR count).